The minimum absolute atomic E-state index is 0.267. The molecule has 1 atom stereocenters. The van der Waals surface area contributed by atoms with Crippen molar-refractivity contribution in [1.82, 2.24) is 4.98 Å². The topological polar surface area (TPSA) is 62.7 Å². The van der Waals surface area contributed by atoms with Crippen molar-refractivity contribution in [3.63, 3.8) is 0 Å². The lowest BCUT2D eigenvalue weighted by Crippen LogP contribution is -2.42. The van der Waals surface area contributed by atoms with E-state index in [4.69, 9.17) is 4.74 Å². The molecule has 5 nitrogen and oxygen atoms in total. The molecule has 0 amide bonds. The van der Waals surface area contributed by atoms with Gasteiger partial charge in [0.05, 0.1) is 17.9 Å². The minimum Gasteiger partial charge on any atom is -0.478 e. The highest BCUT2D eigenvalue weighted by Gasteiger charge is 2.32. The number of anilines is 2. The van der Waals surface area contributed by atoms with Crippen molar-refractivity contribution in [3.05, 3.63) is 35.3 Å². The number of benzene rings is 1. The second-order valence-electron chi connectivity index (χ2n) is 4.50. The van der Waals surface area contributed by atoms with Crippen LogP contribution in [0.15, 0.2) is 29.6 Å². The highest BCUT2D eigenvalue weighted by atomic mass is 32.1. The third kappa shape index (κ3) is 2.22. The van der Waals surface area contributed by atoms with Gasteiger partial charge in [-0.05, 0) is 18.6 Å². The first-order valence-corrected chi connectivity index (χ1v) is 7.27. The molecule has 0 spiro atoms. The van der Waals surface area contributed by atoms with E-state index in [1.807, 2.05) is 35.4 Å². The third-order valence-electron chi connectivity index (χ3n) is 3.18. The number of aryl methyl sites for hydroxylation is 1. The smallest absolute Gasteiger partial charge is 0.346 e. The largest absolute Gasteiger partial charge is 0.478 e. The van der Waals surface area contributed by atoms with E-state index in [1.54, 1.807) is 6.07 Å². The first-order chi connectivity index (χ1) is 9.69. The van der Waals surface area contributed by atoms with E-state index in [1.165, 1.54) is 11.3 Å². The molecule has 104 valence electrons. The first kappa shape index (κ1) is 12.9. The summed E-state index contributed by atoms with van der Waals surface area (Å²) in [5.41, 5.74) is 1.88. The lowest BCUT2D eigenvalue weighted by atomic mass is 10.2. The van der Waals surface area contributed by atoms with Gasteiger partial charge in [-0.15, -0.1) is 11.3 Å². The zero-order valence-electron chi connectivity index (χ0n) is 10.9. The van der Waals surface area contributed by atoms with Gasteiger partial charge in [0.25, 0.3) is 0 Å². The van der Waals surface area contributed by atoms with E-state index in [0.29, 0.717) is 5.75 Å². The number of nitrogens with zero attached hydrogens (tertiary/aromatic N) is 2. The number of hydrogen-bond acceptors (Lipinski definition) is 5. The number of aliphatic carboxylic acids is 1. The number of carboxylic acids is 1. The second-order valence-corrected chi connectivity index (χ2v) is 5.33. The summed E-state index contributed by atoms with van der Waals surface area (Å²) in [5.74, 6) is -0.379. The average molecular weight is 290 g/mol. The van der Waals surface area contributed by atoms with E-state index in [-0.39, 0.29) is 6.54 Å². The molecule has 0 aliphatic carbocycles. The Kier molecular flexibility index (Phi) is 3.31. The van der Waals surface area contributed by atoms with Crippen LogP contribution in [0.5, 0.6) is 5.75 Å². The van der Waals surface area contributed by atoms with Gasteiger partial charge in [-0.25, -0.2) is 9.78 Å². The molecule has 6 heteroatoms. The Balaban J connectivity index is 2.02. The highest BCUT2D eigenvalue weighted by Crippen LogP contribution is 2.39. The Morgan fingerprint density at radius 2 is 2.35 bits per heavy atom. The number of rotatable bonds is 3. The summed E-state index contributed by atoms with van der Waals surface area (Å²) in [6.45, 7) is 2.31. The molecule has 20 heavy (non-hydrogen) atoms. The van der Waals surface area contributed by atoms with Gasteiger partial charge in [0.2, 0.25) is 6.10 Å². The summed E-state index contributed by atoms with van der Waals surface area (Å²) in [5, 5.41) is 12.0. The molecule has 3 rings (SSSR count). The van der Waals surface area contributed by atoms with E-state index >= 15 is 0 Å². The van der Waals surface area contributed by atoms with Gasteiger partial charge in [-0.1, -0.05) is 19.1 Å². The van der Waals surface area contributed by atoms with Crippen LogP contribution < -0.4 is 9.64 Å². The van der Waals surface area contributed by atoms with Crippen molar-refractivity contribution in [2.75, 3.05) is 11.4 Å². The number of carbonyl (C=O) groups is 1. The van der Waals surface area contributed by atoms with E-state index in [2.05, 4.69) is 4.98 Å². The monoisotopic (exact) mass is 290 g/mol. The van der Waals surface area contributed by atoms with Crippen LogP contribution in [0, 0.1) is 0 Å². The lowest BCUT2D eigenvalue weighted by molar-refractivity contribution is -0.144. The molecule has 1 aliphatic rings. The van der Waals surface area contributed by atoms with Gasteiger partial charge in [0, 0.05) is 5.38 Å². The molecule has 2 aromatic rings. The van der Waals surface area contributed by atoms with E-state index in [9.17, 15) is 9.90 Å². The summed E-state index contributed by atoms with van der Waals surface area (Å²) < 4.78 is 5.51. The van der Waals surface area contributed by atoms with Gasteiger partial charge in [0.1, 0.15) is 5.75 Å². The quantitative estimate of drug-likeness (QED) is 0.941. The van der Waals surface area contributed by atoms with E-state index < -0.39 is 12.1 Å². The van der Waals surface area contributed by atoms with Crippen LogP contribution in [0.3, 0.4) is 0 Å². The van der Waals surface area contributed by atoms with Crippen molar-refractivity contribution in [2.24, 2.45) is 0 Å². The number of fused-ring (bicyclic) bond motifs is 1. The number of ether oxygens (including phenoxy) is 1. The summed E-state index contributed by atoms with van der Waals surface area (Å²) in [6.07, 6.45) is -0.0101. The predicted octanol–water partition coefficient (Wildman–Crippen LogP) is 2.69. The molecule has 0 radical (unpaired) electrons. The fraction of sp³-hybridized carbons (Fsp3) is 0.286. The number of thiazole rings is 1. The minimum atomic E-state index is -0.961. The molecule has 0 saturated carbocycles. The zero-order chi connectivity index (χ0) is 14.1. The van der Waals surface area contributed by atoms with Crippen LogP contribution >= 0.6 is 11.3 Å². The average Bonchev–Trinajstić information content (AvgIpc) is 2.94. The molecule has 1 aromatic carbocycles. The Hall–Kier alpha value is -2.08. The number of carboxylic acid groups (broad SMARTS) is 1. The Bertz CT molecular complexity index is 641. The zero-order valence-corrected chi connectivity index (χ0v) is 11.8. The van der Waals surface area contributed by atoms with Crippen molar-refractivity contribution >= 4 is 28.1 Å². The van der Waals surface area contributed by atoms with Crippen LogP contribution in [0.1, 0.15) is 12.6 Å². The van der Waals surface area contributed by atoms with Gasteiger partial charge >= 0.3 is 5.97 Å². The van der Waals surface area contributed by atoms with Gasteiger partial charge in [-0.2, -0.15) is 0 Å². The maximum atomic E-state index is 11.2. The first-order valence-electron chi connectivity index (χ1n) is 6.39. The normalized spacial score (nSPS) is 17.4. The van der Waals surface area contributed by atoms with Gasteiger partial charge in [-0.3, -0.25) is 0 Å². The SMILES string of the molecule is CCc1csc(N2CC(C(=O)O)Oc3ccccc32)n1. The van der Waals surface area contributed by atoms with Crippen molar-refractivity contribution in [3.8, 4) is 5.75 Å². The molecular weight excluding hydrogens is 276 g/mol. The number of aromatic nitrogens is 1. The van der Waals surface area contributed by atoms with E-state index in [0.717, 1.165) is 22.9 Å². The molecular formula is C14H14N2O3S. The summed E-state index contributed by atoms with van der Waals surface area (Å²) >= 11 is 1.52. The molecule has 0 fully saturated rings. The molecule has 1 aliphatic heterocycles. The summed E-state index contributed by atoms with van der Waals surface area (Å²) in [6, 6.07) is 7.44. The van der Waals surface area contributed by atoms with Crippen LogP contribution in [-0.2, 0) is 11.2 Å². The van der Waals surface area contributed by atoms with Crippen LogP contribution in [0.2, 0.25) is 0 Å². The summed E-state index contributed by atoms with van der Waals surface area (Å²) in [4.78, 5) is 17.7. The Morgan fingerprint density at radius 3 is 3.05 bits per heavy atom. The fourth-order valence-corrected chi connectivity index (χ4v) is 3.06. The van der Waals surface area contributed by atoms with Crippen LogP contribution in [-0.4, -0.2) is 28.7 Å². The maximum absolute atomic E-state index is 11.2. The molecule has 0 saturated heterocycles. The molecule has 1 N–H and O–H groups in total. The molecule has 0 bridgehead atoms. The highest BCUT2D eigenvalue weighted by molar-refractivity contribution is 7.13. The number of hydrogen-bond donors (Lipinski definition) is 1. The second kappa shape index (κ2) is 5.13. The third-order valence-corrected chi connectivity index (χ3v) is 4.09. The van der Waals surface area contributed by atoms with Crippen molar-refractivity contribution < 1.29 is 14.6 Å². The molecule has 1 aromatic heterocycles. The predicted molar refractivity (Wildman–Crippen MR) is 77.0 cm³/mol. The van der Waals surface area contributed by atoms with Gasteiger partial charge in [0.15, 0.2) is 5.13 Å². The molecule has 1 unspecified atom stereocenters. The fourth-order valence-electron chi connectivity index (χ4n) is 2.13. The van der Waals surface area contributed by atoms with Gasteiger partial charge < -0.3 is 14.7 Å². The van der Waals surface area contributed by atoms with Crippen LogP contribution in [0.25, 0.3) is 0 Å². The Labute approximate surface area is 120 Å². The molecule has 2 heterocycles. The summed E-state index contributed by atoms with van der Waals surface area (Å²) in [7, 11) is 0. The van der Waals surface area contributed by atoms with Crippen molar-refractivity contribution in [1.29, 1.82) is 0 Å². The van der Waals surface area contributed by atoms with Crippen LogP contribution in [0.4, 0.5) is 10.8 Å². The van der Waals surface area contributed by atoms with Crippen molar-refractivity contribution in [2.45, 2.75) is 19.4 Å². The lowest BCUT2D eigenvalue weighted by Gasteiger charge is -2.32. The maximum Gasteiger partial charge on any atom is 0.346 e. The number of para-hydroxylation sites is 2. The standard InChI is InChI=1S/C14H14N2O3S/c1-2-9-8-20-14(15-9)16-7-12(13(17)18)19-11-6-4-3-5-10(11)16/h3-6,8,12H,2,7H2,1H3,(H,17,18). The Morgan fingerprint density at radius 1 is 1.55 bits per heavy atom.